The van der Waals surface area contributed by atoms with Crippen LogP contribution < -0.4 is 0 Å². The molecule has 0 bridgehead atoms. The largest absolute Gasteiger partial charge is 0.508 e. The topological polar surface area (TPSA) is 53.1 Å². The third-order valence-corrected chi connectivity index (χ3v) is 2.96. The Bertz CT molecular complexity index is 759. The van der Waals surface area contributed by atoms with E-state index in [-0.39, 0.29) is 17.3 Å². The number of H-pyrrole nitrogens is 1. The molecule has 0 atom stereocenters. The van der Waals surface area contributed by atoms with Crippen LogP contribution in [0.15, 0.2) is 48.5 Å². The molecule has 0 amide bonds. The third kappa shape index (κ3) is 2.08. The van der Waals surface area contributed by atoms with Crippen molar-refractivity contribution >= 4 is 16.7 Å². The smallest absolute Gasteiger partial charge is 0.209 e. The van der Waals surface area contributed by atoms with Gasteiger partial charge in [0.2, 0.25) is 5.78 Å². The normalized spacial score (nSPS) is 10.8. The van der Waals surface area contributed by atoms with Crippen molar-refractivity contribution in [3.05, 3.63) is 65.6 Å². The van der Waals surface area contributed by atoms with Crippen molar-refractivity contribution in [2.45, 2.75) is 0 Å². The van der Waals surface area contributed by atoms with E-state index in [1.54, 1.807) is 24.3 Å². The number of aromatic amines is 1. The zero-order valence-electron chi connectivity index (χ0n) is 9.85. The fourth-order valence-corrected chi connectivity index (χ4v) is 2.00. The molecule has 0 fully saturated rings. The molecule has 2 aromatic carbocycles. The molecular formula is C15H10FNO2. The highest BCUT2D eigenvalue weighted by atomic mass is 19.1. The standard InChI is InChI=1S/C15H10FNO2/c16-11-3-1-9(2-4-11)15(19)14-8-10-7-12(18)5-6-13(10)17-14/h1-8,17-18H. The number of nitrogens with one attached hydrogen (secondary N) is 1. The van der Waals surface area contributed by atoms with Gasteiger partial charge in [0.05, 0.1) is 5.69 Å². The van der Waals surface area contributed by atoms with E-state index in [2.05, 4.69) is 4.98 Å². The van der Waals surface area contributed by atoms with Crippen LogP contribution in [0.4, 0.5) is 4.39 Å². The van der Waals surface area contributed by atoms with E-state index < -0.39 is 0 Å². The Morgan fingerprint density at radius 2 is 1.79 bits per heavy atom. The third-order valence-electron chi connectivity index (χ3n) is 2.96. The van der Waals surface area contributed by atoms with E-state index >= 15 is 0 Å². The van der Waals surface area contributed by atoms with Crippen LogP contribution in [0.2, 0.25) is 0 Å². The number of ketones is 1. The molecule has 3 nitrogen and oxygen atoms in total. The lowest BCUT2D eigenvalue weighted by molar-refractivity contribution is 0.103. The molecule has 3 rings (SSSR count). The minimum absolute atomic E-state index is 0.146. The maximum absolute atomic E-state index is 12.8. The van der Waals surface area contributed by atoms with Crippen LogP contribution >= 0.6 is 0 Å². The highest BCUT2D eigenvalue weighted by molar-refractivity contribution is 6.10. The Kier molecular flexibility index (Phi) is 2.56. The molecule has 94 valence electrons. The highest BCUT2D eigenvalue weighted by Crippen LogP contribution is 2.22. The average molecular weight is 255 g/mol. The summed E-state index contributed by atoms with van der Waals surface area (Å²) in [5, 5.41) is 10.1. The van der Waals surface area contributed by atoms with Gasteiger partial charge in [-0.2, -0.15) is 0 Å². The van der Waals surface area contributed by atoms with Crippen molar-refractivity contribution in [1.82, 2.24) is 4.98 Å². The molecule has 2 N–H and O–H groups in total. The van der Waals surface area contributed by atoms with Gasteiger partial charge >= 0.3 is 0 Å². The summed E-state index contributed by atoms with van der Waals surface area (Å²) in [4.78, 5) is 15.2. The van der Waals surface area contributed by atoms with Gasteiger partial charge in [-0.3, -0.25) is 4.79 Å². The number of carbonyl (C=O) groups is 1. The first-order chi connectivity index (χ1) is 9.13. The fraction of sp³-hybridized carbons (Fsp3) is 0. The maximum Gasteiger partial charge on any atom is 0.209 e. The quantitative estimate of drug-likeness (QED) is 0.691. The second kappa shape index (κ2) is 4.24. The Morgan fingerprint density at radius 3 is 2.53 bits per heavy atom. The van der Waals surface area contributed by atoms with Crippen molar-refractivity contribution in [3.63, 3.8) is 0 Å². The minimum atomic E-state index is -0.377. The predicted molar refractivity (Wildman–Crippen MR) is 69.8 cm³/mol. The molecule has 3 aromatic rings. The molecule has 0 unspecified atom stereocenters. The average Bonchev–Trinajstić information content (AvgIpc) is 2.81. The first kappa shape index (κ1) is 11.5. The van der Waals surface area contributed by atoms with Crippen molar-refractivity contribution in [3.8, 4) is 5.75 Å². The van der Waals surface area contributed by atoms with Crippen LogP contribution in [-0.4, -0.2) is 15.9 Å². The fourth-order valence-electron chi connectivity index (χ4n) is 2.00. The van der Waals surface area contributed by atoms with Crippen molar-refractivity contribution in [1.29, 1.82) is 0 Å². The number of carbonyl (C=O) groups excluding carboxylic acids is 1. The number of aromatic nitrogens is 1. The van der Waals surface area contributed by atoms with Gasteiger partial charge in [0, 0.05) is 16.5 Å². The highest BCUT2D eigenvalue weighted by Gasteiger charge is 2.12. The number of hydrogen-bond acceptors (Lipinski definition) is 2. The van der Waals surface area contributed by atoms with Crippen LogP contribution in [0.1, 0.15) is 16.1 Å². The maximum atomic E-state index is 12.8. The lowest BCUT2D eigenvalue weighted by Gasteiger charge is -1.97. The van der Waals surface area contributed by atoms with Gasteiger partial charge in [-0.1, -0.05) is 0 Å². The number of phenolic OH excluding ortho intramolecular Hbond substituents is 1. The molecule has 0 saturated heterocycles. The van der Waals surface area contributed by atoms with Gasteiger partial charge in [0.1, 0.15) is 11.6 Å². The lowest BCUT2D eigenvalue weighted by atomic mass is 10.1. The molecule has 0 spiro atoms. The number of fused-ring (bicyclic) bond motifs is 1. The van der Waals surface area contributed by atoms with E-state index in [9.17, 15) is 14.3 Å². The molecule has 1 heterocycles. The number of halogens is 1. The molecule has 0 radical (unpaired) electrons. The van der Waals surface area contributed by atoms with Crippen molar-refractivity contribution < 1.29 is 14.3 Å². The Labute approximate surface area is 108 Å². The van der Waals surface area contributed by atoms with Gasteiger partial charge in [-0.25, -0.2) is 4.39 Å². The van der Waals surface area contributed by atoms with Crippen LogP contribution in [0.5, 0.6) is 5.75 Å². The summed E-state index contributed by atoms with van der Waals surface area (Å²) in [5.41, 5.74) is 1.59. The molecular weight excluding hydrogens is 245 g/mol. The van der Waals surface area contributed by atoms with Crippen LogP contribution in [-0.2, 0) is 0 Å². The molecule has 1 aromatic heterocycles. The molecule has 0 aliphatic carbocycles. The number of aromatic hydroxyl groups is 1. The Balaban J connectivity index is 2.04. The van der Waals surface area contributed by atoms with Gasteiger partial charge in [0.15, 0.2) is 0 Å². The van der Waals surface area contributed by atoms with Crippen LogP contribution in [0, 0.1) is 5.82 Å². The zero-order valence-corrected chi connectivity index (χ0v) is 9.85. The van der Waals surface area contributed by atoms with E-state index in [4.69, 9.17) is 0 Å². The Morgan fingerprint density at radius 1 is 1.05 bits per heavy atom. The summed E-state index contributed by atoms with van der Waals surface area (Å²) >= 11 is 0. The van der Waals surface area contributed by atoms with Crippen LogP contribution in [0.3, 0.4) is 0 Å². The summed E-state index contributed by atoms with van der Waals surface area (Å²) < 4.78 is 12.8. The summed E-state index contributed by atoms with van der Waals surface area (Å²) in [6.45, 7) is 0. The first-order valence-corrected chi connectivity index (χ1v) is 5.75. The summed E-state index contributed by atoms with van der Waals surface area (Å²) in [6.07, 6.45) is 0. The van der Waals surface area contributed by atoms with E-state index in [1.165, 1.54) is 24.3 Å². The molecule has 0 aliphatic rings. The molecule has 4 heteroatoms. The monoisotopic (exact) mass is 255 g/mol. The van der Waals surface area contributed by atoms with Crippen molar-refractivity contribution in [2.75, 3.05) is 0 Å². The molecule has 19 heavy (non-hydrogen) atoms. The van der Waals surface area contributed by atoms with Crippen molar-refractivity contribution in [2.24, 2.45) is 0 Å². The summed E-state index contributed by atoms with van der Waals surface area (Å²) in [5.74, 6) is -0.443. The van der Waals surface area contributed by atoms with Crippen LogP contribution in [0.25, 0.3) is 10.9 Å². The first-order valence-electron chi connectivity index (χ1n) is 5.75. The molecule has 0 saturated carbocycles. The Hall–Kier alpha value is -2.62. The van der Waals surface area contributed by atoms with E-state index in [0.717, 1.165) is 10.9 Å². The number of benzene rings is 2. The number of rotatable bonds is 2. The van der Waals surface area contributed by atoms with Gasteiger partial charge in [0.25, 0.3) is 0 Å². The summed E-state index contributed by atoms with van der Waals surface area (Å²) in [6, 6.07) is 11.9. The van der Waals surface area contributed by atoms with Gasteiger partial charge in [-0.15, -0.1) is 0 Å². The second-order valence-electron chi connectivity index (χ2n) is 4.29. The minimum Gasteiger partial charge on any atom is -0.508 e. The SMILES string of the molecule is O=C(c1ccc(F)cc1)c1cc2cc(O)ccc2[nH]1. The predicted octanol–water partition coefficient (Wildman–Crippen LogP) is 3.24. The zero-order chi connectivity index (χ0) is 13.4. The van der Waals surface area contributed by atoms with E-state index in [1.807, 2.05) is 0 Å². The van der Waals surface area contributed by atoms with Gasteiger partial charge < -0.3 is 10.1 Å². The molecule has 0 aliphatic heterocycles. The number of phenols is 1. The second-order valence-corrected chi connectivity index (χ2v) is 4.29. The van der Waals surface area contributed by atoms with E-state index in [0.29, 0.717) is 11.3 Å². The number of hydrogen-bond donors (Lipinski definition) is 2. The summed E-state index contributed by atoms with van der Waals surface area (Å²) in [7, 11) is 0. The van der Waals surface area contributed by atoms with Gasteiger partial charge in [-0.05, 0) is 48.5 Å². The lowest BCUT2D eigenvalue weighted by Crippen LogP contribution is -2.01.